The van der Waals surface area contributed by atoms with Crippen LogP contribution in [0.1, 0.15) is 0 Å². The molecule has 0 fully saturated rings. The van der Waals surface area contributed by atoms with Gasteiger partial charge in [0.05, 0.1) is 0 Å². The van der Waals surface area contributed by atoms with Gasteiger partial charge in [0.1, 0.15) is 10.1 Å². The standard InChI is InChI=1S/C2H5NO3S/c3-1-2-7(4,5)6/h1-2H,3H2,(H,4,5,6)/p-1/b2-1-. The highest BCUT2D eigenvalue weighted by Gasteiger charge is 1.76. The summed E-state index contributed by atoms with van der Waals surface area (Å²) in [6, 6.07) is 0. The van der Waals surface area contributed by atoms with Gasteiger partial charge < -0.3 is 10.3 Å². The summed E-state index contributed by atoms with van der Waals surface area (Å²) in [4.78, 5) is 0. The molecule has 0 aliphatic heterocycles. The lowest BCUT2D eigenvalue weighted by Crippen LogP contribution is -1.91. The third-order valence-electron chi connectivity index (χ3n) is 0.245. The van der Waals surface area contributed by atoms with Gasteiger partial charge in [-0.25, -0.2) is 8.42 Å². The molecule has 0 rings (SSSR count). The Morgan fingerprint density at radius 2 is 2.00 bits per heavy atom. The van der Waals surface area contributed by atoms with E-state index >= 15 is 0 Å². The lowest BCUT2D eigenvalue weighted by atomic mass is 11.1. The van der Waals surface area contributed by atoms with Crippen LogP contribution in [0.15, 0.2) is 11.6 Å². The first-order chi connectivity index (χ1) is 3.06. The van der Waals surface area contributed by atoms with Crippen molar-refractivity contribution >= 4 is 10.1 Å². The quantitative estimate of drug-likeness (QED) is 0.450. The average molecular weight is 122 g/mol. The van der Waals surface area contributed by atoms with Crippen molar-refractivity contribution in [1.29, 1.82) is 0 Å². The molecule has 0 spiro atoms. The Balaban J connectivity index is 4.13. The lowest BCUT2D eigenvalue weighted by molar-refractivity contribution is 0.474. The van der Waals surface area contributed by atoms with Crippen LogP contribution in [0.2, 0.25) is 0 Å². The molecule has 0 aliphatic rings. The van der Waals surface area contributed by atoms with Crippen molar-refractivity contribution in [3.8, 4) is 0 Å². The van der Waals surface area contributed by atoms with Gasteiger partial charge in [-0.05, 0) is 0 Å². The maximum Gasteiger partial charge on any atom is 0.118 e. The zero-order valence-electron chi connectivity index (χ0n) is 3.37. The molecule has 0 unspecified atom stereocenters. The largest absolute Gasteiger partial charge is 0.744 e. The second kappa shape index (κ2) is 1.94. The summed E-state index contributed by atoms with van der Waals surface area (Å²) in [5, 5.41) is 0.382. The molecule has 0 saturated heterocycles. The van der Waals surface area contributed by atoms with Crippen LogP contribution in [0.25, 0.3) is 0 Å². The molecule has 0 amide bonds. The predicted octanol–water partition coefficient (Wildman–Crippen LogP) is -1.04. The van der Waals surface area contributed by atoms with E-state index in [1.54, 1.807) is 0 Å². The fourth-order valence-corrected chi connectivity index (χ4v) is 0.289. The first kappa shape index (κ1) is 6.45. The van der Waals surface area contributed by atoms with Crippen molar-refractivity contribution in [2.75, 3.05) is 0 Å². The van der Waals surface area contributed by atoms with Gasteiger partial charge in [0.2, 0.25) is 0 Å². The van der Waals surface area contributed by atoms with E-state index in [1.807, 2.05) is 0 Å². The summed E-state index contributed by atoms with van der Waals surface area (Å²) < 4.78 is 28.5. The van der Waals surface area contributed by atoms with Gasteiger partial charge in [0, 0.05) is 11.6 Å². The molecule has 0 heterocycles. The zero-order valence-corrected chi connectivity index (χ0v) is 4.18. The summed E-state index contributed by atoms with van der Waals surface area (Å²) in [5.74, 6) is 0. The molecule has 0 bridgehead atoms. The fraction of sp³-hybridized carbons (Fsp3) is 0. The van der Waals surface area contributed by atoms with Gasteiger partial charge in [-0.1, -0.05) is 0 Å². The Hall–Kier alpha value is -0.550. The van der Waals surface area contributed by atoms with Crippen LogP contribution in [0, 0.1) is 0 Å². The summed E-state index contributed by atoms with van der Waals surface area (Å²) in [6.45, 7) is 0. The lowest BCUT2D eigenvalue weighted by Gasteiger charge is -1.94. The molecule has 5 heteroatoms. The molecule has 4 nitrogen and oxygen atoms in total. The fourth-order valence-electron chi connectivity index (χ4n) is 0.0962. The SMILES string of the molecule is N/C=C\S(=O)(=O)[O-]. The monoisotopic (exact) mass is 122 g/mol. The van der Waals surface area contributed by atoms with E-state index < -0.39 is 10.1 Å². The van der Waals surface area contributed by atoms with Crippen LogP contribution in [-0.2, 0) is 10.1 Å². The minimum atomic E-state index is -4.23. The number of rotatable bonds is 1. The van der Waals surface area contributed by atoms with E-state index in [1.165, 1.54) is 0 Å². The van der Waals surface area contributed by atoms with Crippen molar-refractivity contribution in [2.24, 2.45) is 5.73 Å². The normalized spacial score (nSPS) is 12.7. The second-order valence-electron chi connectivity index (χ2n) is 0.821. The number of hydrogen-bond donors (Lipinski definition) is 1. The van der Waals surface area contributed by atoms with Crippen LogP contribution in [0.3, 0.4) is 0 Å². The maximum atomic E-state index is 9.51. The van der Waals surface area contributed by atoms with Crippen molar-refractivity contribution in [2.45, 2.75) is 0 Å². The molecule has 7 heavy (non-hydrogen) atoms. The topological polar surface area (TPSA) is 83.2 Å². The van der Waals surface area contributed by atoms with Gasteiger partial charge in [-0.3, -0.25) is 0 Å². The summed E-state index contributed by atoms with van der Waals surface area (Å²) in [6.07, 6.45) is 0.683. The molecule has 2 N–H and O–H groups in total. The second-order valence-corrected chi connectivity index (χ2v) is 2.08. The van der Waals surface area contributed by atoms with Gasteiger partial charge in [0.25, 0.3) is 0 Å². The minimum absolute atomic E-state index is 0.382. The van der Waals surface area contributed by atoms with Gasteiger partial charge in [0.15, 0.2) is 0 Å². The molecule has 0 radical (unpaired) electrons. The minimum Gasteiger partial charge on any atom is -0.744 e. The van der Waals surface area contributed by atoms with Crippen molar-refractivity contribution in [3.05, 3.63) is 11.6 Å². The molecule has 0 aromatic carbocycles. The van der Waals surface area contributed by atoms with Crippen molar-refractivity contribution in [3.63, 3.8) is 0 Å². The highest BCUT2D eigenvalue weighted by atomic mass is 32.2. The predicted molar refractivity (Wildman–Crippen MR) is 23.0 cm³/mol. The number of hydrogen-bond acceptors (Lipinski definition) is 4. The Morgan fingerprint density at radius 1 is 1.57 bits per heavy atom. The Morgan fingerprint density at radius 3 is 2.00 bits per heavy atom. The van der Waals surface area contributed by atoms with E-state index in [-0.39, 0.29) is 0 Å². The van der Waals surface area contributed by atoms with Crippen molar-refractivity contribution in [1.82, 2.24) is 0 Å². The zero-order chi connectivity index (χ0) is 5.91. The van der Waals surface area contributed by atoms with Gasteiger partial charge in [-0.15, -0.1) is 0 Å². The molecule has 0 atom stereocenters. The first-order valence-corrected chi connectivity index (χ1v) is 2.87. The van der Waals surface area contributed by atoms with Gasteiger partial charge in [-0.2, -0.15) is 0 Å². The highest BCUT2D eigenvalue weighted by molar-refractivity contribution is 7.88. The third kappa shape index (κ3) is 5.45. The molecular weight excluding hydrogens is 118 g/mol. The number of nitrogens with two attached hydrogens (primary N) is 1. The molecule has 0 aromatic rings. The van der Waals surface area contributed by atoms with E-state index in [0.29, 0.717) is 11.6 Å². The van der Waals surface area contributed by atoms with Crippen LogP contribution in [0.4, 0.5) is 0 Å². The van der Waals surface area contributed by atoms with Crippen LogP contribution < -0.4 is 5.73 Å². The molecule has 0 aromatic heterocycles. The van der Waals surface area contributed by atoms with Crippen molar-refractivity contribution < 1.29 is 13.0 Å². The maximum absolute atomic E-state index is 9.51. The van der Waals surface area contributed by atoms with E-state index in [9.17, 15) is 13.0 Å². The third-order valence-corrected chi connectivity index (χ3v) is 0.736. The summed E-state index contributed by atoms with van der Waals surface area (Å²) in [5.41, 5.74) is 4.55. The summed E-state index contributed by atoms with van der Waals surface area (Å²) in [7, 11) is -4.23. The van der Waals surface area contributed by atoms with E-state index in [2.05, 4.69) is 5.73 Å². The van der Waals surface area contributed by atoms with E-state index in [0.717, 1.165) is 0 Å². The molecule has 42 valence electrons. The Bertz CT molecular complexity index is 156. The summed E-state index contributed by atoms with van der Waals surface area (Å²) >= 11 is 0. The molecule has 0 saturated carbocycles. The molecule has 0 aliphatic carbocycles. The van der Waals surface area contributed by atoms with Crippen LogP contribution in [-0.4, -0.2) is 13.0 Å². The Labute approximate surface area is 41.4 Å². The molecular formula is C2H4NO3S-. The Kier molecular flexibility index (Phi) is 1.79. The first-order valence-electron chi connectivity index (χ1n) is 1.40. The van der Waals surface area contributed by atoms with E-state index in [4.69, 9.17) is 0 Å². The van der Waals surface area contributed by atoms with Crippen LogP contribution in [0.5, 0.6) is 0 Å². The smallest absolute Gasteiger partial charge is 0.118 e. The van der Waals surface area contributed by atoms with Crippen LogP contribution >= 0.6 is 0 Å². The van der Waals surface area contributed by atoms with Gasteiger partial charge >= 0.3 is 0 Å². The average Bonchev–Trinajstić information content (AvgIpc) is 1.30. The highest BCUT2D eigenvalue weighted by Crippen LogP contribution is 1.77.